The summed E-state index contributed by atoms with van der Waals surface area (Å²) in [5.41, 5.74) is 7.88. The predicted molar refractivity (Wildman–Crippen MR) is 118 cm³/mol. The van der Waals surface area contributed by atoms with Gasteiger partial charge in [-0.25, -0.2) is 0 Å². The third-order valence-electron chi connectivity index (χ3n) is 4.60. The van der Waals surface area contributed by atoms with Gasteiger partial charge in [-0.15, -0.1) is 0 Å². The monoisotopic (exact) mass is 358 g/mol. The third kappa shape index (κ3) is 3.64. The normalized spacial score (nSPS) is 11.5. The van der Waals surface area contributed by atoms with Gasteiger partial charge in [-0.1, -0.05) is 90.4 Å². The van der Waals surface area contributed by atoms with Crippen molar-refractivity contribution in [3.05, 3.63) is 101 Å². The van der Waals surface area contributed by atoms with E-state index in [1.807, 2.05) is 30.3 Å². The van der Waals surface area contributed by atoms with Gasteiger partial charge in [-0.3, -0.25) is 0 Å². The van der Waals surface area contributed by atoms with E-state index in [2.05, 4.69) is 93.0 Å². The van der Waals surface area contributed by atoms with Crippen molar-refractivity contribution in [1.29, 1.82) is 0 Å². The van der Waals surface area contributed by atoms with E-state index in [1.54, 1.807) is 0 Å². The second-order valence-corrected chi connectivity index (χ2v) is 7.96. The SMILES string of the molecule is CC(C)(C)C#CC(C#Cc1ccccc1)=C1c2ccccc2-c2ccccc21. The van der Waals surface area contributed by atoms with Crippen LogP contribution in [-0.4, -0.2) is 0 Å². The average molecular weight is 358 g/mol. The summed E-state index contributed by atoms with van der Waals surface area (Å²) < 4.78 is 0. The Morgan fingerprint density at radius 3 is 1.64 bits per heavy atom. The largest absolute Gasteiger partial charge is 0.0913 e. The number of benzene rings is 3. The first-order valence-electron chi connectivity index (χ1n) is 9.57. The van der Waals surface area contributed by atoms with Crippen LogP contribution in [0.25, 0.3) is 16.7 Å². The summed E-state index contributed by atoms with van der Waals surface area (Å²) >= 11 is 0. The first kappa shape index (κ1) is 17.9. The van der Waals surface area contributed by atoms with Gasteiger partial charge in [0.25, 0.3) is 0 Å². The Bertz CT molecular complexity index is 1130. The first-order chi connectivity index (χ1) is 13.5. The summed E-state index contributed by atoms with van der Waals surface area (Å²) in [6.45, 7) is 6.39. The predicted octanol–water partition coefficient (Wildman–Crippen LogP) is 6.57. The molecule has 0 aliphatic heterocycles. The van der Waals surface area contributed by atoms with E-state index in [9.17, 15) is 0 Å². The minimum absolute atomic E-state index is 0.0854. The van der Waals surface area contributed by atoms with E-state index in [0.29, 0.717) is 0 Å². The second-order valence-electron chi connectivity index (χ2n) is 7.96. The Labute approximate surface area is 167 Å². The molecule has 0 spiro atoms. The zero-order valence-corrected chi connectivity index (χ0v) is 16.5. The van der Waals surface area contributed by atoms with Crippen LogP contribution in [0.1, 0.15) is 37.5 Å². The molecule has 3 aromatic rings. The van der Waals surface area contributed by atoms with Gasteiger partial charge in [0.2, 0.25) is 0 Å². The third-order valence-corrected chi connectivity index (χ3v) is 4.60. The van der Waals surface area contributed by atoms with Gasteiger partial charge in [-0.2, -0.15) is 0 Å². The summed E-state index contributed by atoms with van der Waals surface area (Å²) in [6, 6.07) is 27.2. The van der Waals surface area contributed by atoms with Crippen LogP contribution in [0.2, 0.25) is 0 Å². The molecule has 0 unspecified atom stereocenters. The van der Waals surface area contributed by atoms with E-state index in [4.69, 9.17) is 0 Å². The Morgan fingerprint density at radius 2 is 1.11 bits per heavy atom. The maximum atomic E-state index is 3.41. The topological polar surface area (TPSA) is 0 Å². The van der Waals surface area contributed by atoms with Gasteiger partial charge in [0, 0.05) is 16.6 Å². The van der Waals surface area contributed by atoms with Gasteiger partial charge in [-0.05, 0) is 55.2 Å². The van der Waals surface area contributed by atoms with E-state index >= 15 is 0 Å². The first-order valence-corrected chi connectivity index (χ1v) is 9.57. The highest BCUT2D eigenvalue weighted by Crippen LogP contribution is 2.45. The summed E-state index contributed by atoms with van der Waals surface area (Å²) in [6.07, 6.45) is 0. The molecule has 0 bridgehead atoms. The van der Waals surface area contributed by atoms with E-state index in [0.717, 1.165) is 16.7 Å². The lowest BCUT2D eigenvalue weighted by atomic mass is 9.94. The minimum Gasteiger partial charge on any atom is -0.0913 e. The molecule has 0 aromatic heterocycles. The second kappa shape index (κ2) is 7.26. The number of rotatable bonds is 0. The Kier molecular flexibility index (Phi) is 4.65. The van der Waals surface area contributed by atoms with Gasteiger partial charge in [0.05, 0.1) is 5.57 Å². The highest BCUT2D eigenvalue weighted by molar-refractivity contribution is 6.04. The lowest BCUT2D eigenvalue weighted by Crippen LogP contribution is -2.00. The van der Waals surface area contributed by atoms with Crippen molar-refractivity contribution in [2.24, 2.45) is 5.41 Å². The molecule has 1 aliphatic carbocycles. The van der Waals surface area contributed by atoms with Gasteiger partial charge >= 0.3 is 0 Å². The molecule has 0 amide bonds. The molecule has 0 atom stereocenters. The fraction of sp³-hybridized carbons (Fsp3) is 0.143. The van der Waals surface area contributed by atoms with Crippen LogP contribution >= 0.6 is 0 Å². The van der Waals surface area contributed by atoms with Crippen LogP contribution in [-0.2, 0) is 0 Å². The lowest BCUT2D eigenvalue weighted by molar-refractivity contribution is 0.571. The molecule has 0 radical (unpaired) electrons. The van der Waals surface area contributed by atoms with Gasteiger partial charge in [0.1, 0.15) is 0 Å². The summed E-state index contributed by atoms with van der Waals surface area (Å²) in [4.78, 5) is 0. The maximum absolute atomic E-state index is 3.41. The molecule has 1 aliphatic rings. The van der Waals surface area contributed by atoms with Crippen molar-refractivity contribution < 1.29 is 0 Å². The molecule has 0 saturated carbocycles. The number of fused-ring (bicyclic) bond motifs is 3. The van der Waals surface area contributed by atoms with Crippen molar-refractivity contribution in [2.75, 3.05) is 0 Å². The highest BCUT2D eigenvalue weighted by Gasteiger charge is 2.24. The average Bonchev–Trinajstić information content (AvgIpc) is 3.03. The lowest BCUT2D eigenvalue weighted by Gasteiger charge is -2.08. The number of allylic oxidation sites excluding steroid dienone is 1. The molecule has 0 heteroatoms. The van der Waals surface area contributed by atoms with E-state index in [-0.39, 0.29) is 5.41 Å². The summed E-state index contributed by atoms with van der Waals surface area (Å²) in [7, 11) is 0. The van der Waals surface area contributed by atoms with E-state index in [1.165, 1.54) is 22.3 Å². The maximum Gasteiger partial charge on any atom is 0.0832 e. The fourth-order valence-corrected chi connectivity index (χ4v) is 3.35. The summed E-state index contributed by atoms with van der Waals surface area (Å²) in [5, 5.41) is 0. The number of hydrogen-bond acceptors (Lipinski definition) is 0. The van der Waals surface area contributed by atoms with Crippen molar-refractivity contribution in [3.63, 3.8) is 0 Å². The molecule has 0 fully saturated rings. The van der Waals surface area contributed by atoms with Crippen LogP contribution in [0.4, 0.5) is 0 Å². The molecule has 134 valence electrons. The van der Waals surface area contributed by atoms with Crippen LogP contribution < -0.4 is 0 Å². The fourth-order valence-electron chi connectivity index (χ4n) is 3.35. The summed E-state index contributed by atoms with van der Waals surface area (Å²) in [5.74, 6) is 13.5. The quantitative estimate of drug-likeness (QED) is 0.312. The smallest absolute Gasteiger partial charge is 0.0832 e. The van der Waals surface area contributed by atoms with E-state index < -0.39 is 0 Å². The van der Waals surface area contributed by atoms with Crippen LogP contribution in [0, 0.1) is 29.1 Å². The minimum atomic E-state index is -0.0854. The van der Waals surface area contributed by atoms with Gasteiger partial charge in [0.15, 0.2) is 0 Å². The molecular weight excluding hydrogens is 336 g/mol. The zero-order chi connectivity index (χ0) is 19.6. The van der Waals surface area contributed by atoms with Crippen LogP contribution in [0.5, 0.6) is 0 Å². The van der Waals surface area contributed by atoms with Crippen molar-refractivity contribution in [3.8, 4) is 34.8 Å². The molecule has 0 N–H and O–H groups in total. The Hall–Kier alpha value is -3.48. The van der Waals surface area contributed by atoms with Crippen molar-refractivity contribution in [1.82, 2.24) is 0 Å². The van der Waals surface area contributed by atoms with Crippen molar-refractivity contribution >= 4 is 5.57 Å². The van der Waals surface area contributed by atoms with Crippen molar-refractivity contribution in [2.45, 2.75) is 20.8 Å². The Morgan fingerprint density at radius 1 is 0.607 bits per heavy atom. The zero-order valence-electron chi connectivity index (χ0n) is 16.5. The van der Waals surface area contributed by atoms with Crippen LogP contribution in [0.15, 0.2) is 84.4 Å². The molecule has 0 nitrogen and oxygen atoms in total. The molecule has 0 saturated heterocycles. The molecule has 4 rings (SSSR count). The molecular formula is C28H22. The molecule has 0 heterocycles. The Balaban J connectivity index is 1.99. The van der Waals surface area contributed by atoms with Crippen LogP contribution in [0.3, 0.4) is 0 Å². The number of hydrogen-bond donors (Lipinski definition) is 0. The molecule has 3 aromatic carbocycles. The van der Waals surface area contributed by atoms with Gasteiger partial charge < -0.3 is 0 Å². The standard InChI is InChI=1S/C28H22/c1-28(2,3)20-19-22(18-17-21-11-5-4-6-12-21)27-25-15-9-7-13-23(25)24-14-8-10-16-26(24)27/h4-16H,1-3H3. The highest BCUT2D eigenvalue weighted by atomic mass is 14.3. The molecule has 28 heavy (non-hydrogen) atoms.